The van der Waals surface area contributed by atoms with E-state index >= 15 is 0 Å². The van der Waals surface area contributed by atoms with Crippen molar-refractivity contribution >= 4 is 21.8 Å². The summed E-state index contributed by atoms with van der Waals surface area (Å²) in [5.41, 5.74) is 1.61. The van der Waals surface area contributed by atoms with Crippen molar-refractivity contribution in [3.63, 3.8) is 0 Å². The molecule has 3 rings (SSSR count). The second-order valence-electron chi connectivity index (χ2n) is 6.96. The third-order valence-electron chi connectivity index (χ3n) is 4.69. The second-order valence-corrected chi connectivity index (χ2v) is 7.75. The van der Waals surface area contributed by atoms with E-state index < -0.39 is 23.1 Å². The number of aryl methyl sites for hydroxylation is 2. The first-order valence-electron chi connectivity index (χ1n) is 9.17. The number of carbonyl (C=O) groups excluding carboxylic acids is 1. The van der Waals surface area contributed by atoms with Gasteiger partial charge in [0.2, 0.25) is 0 Å². The number of ether oxygens (including phenoxy) is 1. The minimum atomic E-state index is -0.743. The quantitative estimate of drug-likeness (QED) is 0.419. The first-order valence-corrected chi connectivity index (χ1v) is 9.96. The van der Waals surface area contributed by atoms with E-state index in [1.54, 1.807) is 32.0 Å². The minimum absolute atomic E-state index is 0.107. The molecule has 1 amide bonds. The predicted molar refractivity (Wildman–Crippen MR) is 114 cm³/mol. The second kappa shape index (κ2) is 8.99. The molecule has 0 atom stereocenters. The highest BCUT2D eigenvalue weighted by molar-refractivity contribution is 9.10. The van der Waals surface area contributed by atoms with Crippen molar-refractivity contribution < 1.29 is 23.5 Å². The molecule has 9 heteroatoms. The Bertz CT molecular complexity index is 1220. The van der Waals surface area contributed by atoms with Gasteiger partial charge in [-0.2, -0.15) is 0 Å². The fraction of sp³-hybridized carbons (Fsp3) is 0.182. The molecule has 31 heavy (non-hydrogen) atoms. The standard InChI is InChI=1S/C22H19BrF2N2O4/c1-12-4-5-14(21(28)26(3)30)9-18(12)27-13(2)8-19(20(23)22(27)29)31-11-15-6-7-16(24)10-17(15)25/h4-10,30H,11H2,1-3H3. The molecule has 0 bridgehead atoms. The van der Waals surface area contributed by atoms with Gasteiger partial charge < -0.3 is 4.74 Å². The molecule has 0 spiro atoms. The molecule has 0 radical (unpaired) electrons. The van der Waals surface area contributed by atoms with E-state index in [0.29, 0.717) is 16.4 Å². The molecule has 0 saturated carbocycles. The number of pyridine rings is 1. The maximum Gasteiger partial charge on any atom is 0.277 e. The molecule has 6 nitrogen and oxygen atoms in total. The normalized spacial score (nSPS) is 10.8. The highest BCUT2D eigenvalue weighted by Crippen LogP contribution is 2.27. The number of amides is 1. The molecular weight excluding hydrogens is 474 g/mol. The van der Waals surface area contributed by atoms with Crippen molar-refractivity contribution in [2.75, 3.05) is 7.05 Å². The zero-order chi connectivity index (χ0) is 22.9. The Morgan fingerprint density at radius 3 is 2.52 bits per heavy atom. The van der Waals surface area contributed by atoms with Crippen molar-refractivity contribution in [3.05, 3.63) is 91.3 Å². The first kappa shape index (κ1) is 22.6. The lowest BCUT2D eigenvalue weighted by molar-refractivity contribution is -0.0374. The summed E-state index contributed by atoms with van der Waals surface area (Å²) in [6.07, 6.45) is 0. The van der Waals surface area contributed by atoms with E-state index in [1.165, 1.54) is 23.7 Å². The highest BCUT2D eigenvalue weighted by Gasteiger charge is 2.18. The Balaban J connectivity index is 2.00. The van der Waals surface area contributed by atoms with Crippen molar-refractivity contribution in [2.45, 2.75) is 20.5 Å². The zero-order valence-electron chi connectivity index (χ0n) is 16.9. The molecule has 0 saturated heterocycles. The van der Waals surface area contributed by atoms with Crippen LogP contribution >= 0.6 is 15.9 Å². The summed E-state index contributed by atoms with van der Waals surface area (Å²) in [4.78, 5) is 25.2. The van der Waals surface area contributed by atoms with Gasteiger partial charge in [0.1, 0.15) is 28.5 Å². The van der Waals surface area contributed by atoms with Gasteiger partial charge in [-0.05, 0) is 59.6 Å². The van der Waals surface area contributed by atoms with Gasteiger partial charge in [-0.3, -0.25) is 19.4 Å². The maximum atomic E-state index is 13.9. The Hall–Kier alpha value is -3.04. The molecule has 0 unspecified atom stereocenters. The summed E-state index contributed by atoms with van der Waals surface area (Å²) in [6.45, 7) is 3.28. The molecule has 0 aliphatic carbocycles. The average Bonchev–Trinajstić information content (AvgIpc) is 2.71. The molecule has 0 fully saturated rings. The Labute approximate surface area is 185 Å². The van der Waals surface area contributed by atoms with Crippen LogP contribution in [0.1, 0.15) is 27.2 Å². The molecule has 1 aromatic heterocycles. The molecule has 1 N–H and O–H groups in total. The zero-order valence-corrected chi connectivity index (χ0v) is 18.5. The molecule has 3 aromatic rings. The Morgan fingerprint density at radius 1 is 1.16 bits per heavy atom. The van der Waals surface area contributed by atoms with Crippen LogP contribution in [-0.2, 0) is 6.61 Å². The van der Waals surface area contributed by atoms with Gasteiger partial charge in [-0.25, -0.2) is 13.8 Å². The predicted octanol–water partition coefficient (Wildman–Crippen LogP) is 4.54. The van der Waals surface area contributed by atoms with Gasteiger partial charge in [-0.15, -0.1) is 0 Å². The van der Waals surface area contributed by atoms with Crippen LogP contribution in [0.15, 0.2) is 51.7 Å². The molecule has 0 aliphatic heterocycles. The van der Waals surface area contributed by atoms with Crippen molar-refractivity contribution in [1.29, 1.82) is 0 Å². The molecular formula is C22H19BrF2N2O4. The van der Waals surface area contributed by atoms with Gasteiger partial charge >= 0.3 is 0 Å². The van der Waals surface area contributed by atoms with Crippen LogP contribution in [-0.4, -0.2) is 27.8 Å². The Kier molecular flexibility index (Phi) is 6.56. The van der Waals surface area contributed by atoms with Crippen molar-refractivity contribution in [2.24, 2.45) is 0 Å². The number of hydroxylamine groups is 2. The fourth-order valence-corrected chi connectivity index (χ4v) is 3.46. The summed E-state index contributed by atoms with van der Waals surface area (Å²) in [6, 6.07) is 9.50. The van der Waals surface area contributed by atoms with E-state index in [9.17, 15) is 23.6 Å². The lowest BCUT2D eigenvalue weighted by atomic mass is 10.1. The SMILES string of the molecule is Cc1ccc(C(=O)N(C)O)cc1-n1c(C)cc(OCc2ccc(F)cc2F)c(Br)c1=O. The third kappa shape index (κ3) is 4.67. The van der Waals surface area contributed by atoms with E-state index in [2.05, 4.69) is 15.9 Å². The number of rotatable bonds is 5. The van der Waals surface area contributed by atoms with Gasteiger partial charge in [0.15, 0.2) is 0 Å². The fourth-order valence-electron chi connectivity index (χ4n) is 3.05. The average molecular weight is 493 g/mol. The Morgan fingerprint density at radius 2 is 1.87 bits per heavy atom. The maximum absolute atomic E-state index is 13.9. The monoisotopic (exact) mass is 492 g/mol. The number of hydrogen-bond donors (Lipinski definition) is 1. The van der Waals surface area contributed by atoms with Crippen LogP contribution in [0.4, 0.5) is 8.78 Å². The minimum Gasteiger partial charge on any atom is -0.487 e. The first-order chi connectivity index (χ1) is 14.6. The largest absolute Gasteiger partial charge is 0.487 e. The van der Waals surface area contributed by atoms with E-state index in [-0.39, 0.29) is 28.0 Å². The smallest absolute Gasteiger partial charge is 0.277 e. The third-order valence-corrected chi connectivity index (χ3v) is 5.42. The van der Waals surface area contributed by atoms with Crippen LogP contribution in [0.3, 0.4) is 0 Å². The number of nitrogens with zero attached hydrogens (tertiary/aromatic N) is 2. The lowest BCUT2D eigenvalue weighted by Crippen LogP contribution is -2.25. The summed E-state index contributed by atoms with van der Waals surface area (Å²) in [5.74, 6) is -1.86. The molecule has 1 heterocycles. The van der Waals surface area contributed by atoms with E-state index in [1.807, 2.05) is 0 Å². The van der Waals surface area contributed by atoms with Crippen LogP contribution in [0.2, 0.25) is 0 Å². The topological polar surface area (TPSA) is 71.8 Å². The van der Waals surface area contributed by atoms with E-state index in [4.69, 9.17) is 4.74 Å². The van der Waals surface area contributed by atoms with Crippen molar-refractivity contribution in [1.82, 2.24) is 9.63 Å². The van der Waals surface area contributed by atoms with Gasteiger partial charge in [0.25, 0.3) is 11.5 Å². The number of aromatic nitrogens is 1. The summed E-state index contributed by atoms with van der Waals surface area (Å²) in [5, 5.41) is 9.89. The summed E-state index contributed by atoms with van der Waals surface area (Å²) in [7, 11) is 1.21. The summed E-state index contributed by atoms with van der Waals surface area (Å²) < 4.78 is 34.0. The molecule has 2 aromatic carbocycles. The molecule has 162 valence electrons. The van der Waals surface area contributed by atoms with Gasteiger partial charge in [-0.1, -0.05) is 6.07 Å². The lowest BCUT2D eigenvalue weighted by Gasteiger charge is -2.17. The van der Waals surface area contributed by atoms with Gasteiger partial charge in [0.05, 0.1) is 5.69 Å². The van der Waals surface area contributed by atoms with Crippen molar-refractivity contribution in [3.8, 4) is 11.4 Å². The van der Waals surface area contributed by atoms with Gasteiger partial charge in [0, 0.05) is 36.0 Å². The highest BCUT2D eigenvalue weighted by atomic mass is 79.9. The number of carbonyl (C=O) groups is 1. The van der Waals surface area contributed by atoms with Crippen LogP contribution < -0.4 is 10.3 Å². The molecule has 0 aliphatic rings. The number of hydrogen-bond acceptors (Lipinski definition) is 4. The van der Waals surface area contributed by atoms with Crippen LogP contribution in [0.25, 0.3) is 5.69 Å². The van der Waals surface area contributed by atoms with Crippen LogP contribution in [0, 0.1) is 25.5 Å². The number of benzene rings is 2. The van der Waals surface area contributed by atoms with E-state index in [0.717, 1.165) is 17.7 Å². The van der Waals surface area contributed by atoms with Crippen LogP contribution in [0.5, 0.6) is 5.75 Å². The summed E-state index contributed by atoms with van der Waals surface area (Å²) >= 11 is 3.23. The number of halogens is 3.